The Kier molecular flexibility index (Phi) is 22.8. The molecular formula is C59H64N18O14S7. The fourth-order valence-electron chi connectivity index (χ4n) is 10.4. The van der Waals surface area contributed by atoms with E-state index in [0.29, 0.717) is 54.5 Å². The number of aliphatic hydroxyl groups excluding tert-OH is 1. The second kappa shape index (κ2) is 31.0. The van der Waals surface area contributed by atoms with Crippen molar-refractivity contribution in [3.8, 4) is 21.4 Å². The molecule has 11 amide bonds. The summed E-state index contributed by atoms with van der Waals surface area (Å²) < 4.78 is 0. The van der Waals surface area contributed by atoms with Crippen molar-refractivity contribution in [1.29, 1.82) is 0 Å². The molecule has 7 aliphatic heterocycles. The van der Waals surface area contributed by atoms with Crippen LogP contribution in [0.3, 0.4) is 0 Å². The summed E-state index contributed by atoms with van der Waals surface area (Å²) in [6, 6.07) is -6.35. The first-order valence-electron chi connectivity index (χ1n) is 30.1. The number of aliphatic carboxylic acids is 1. The van der Waals surface area contributed by atoms with Gasteiger partial charge in [-0.15, -0.1) is 81.1 Å². The number of carbonyl (C=O) groups is 12. The van der Waals surface area contributed by atoms with Crippen molar-refractivity contribution in [2.45, 2.75) is 118 Å². The summed E-state index contributed by atoms with van der Waals surface area (Å²) in [5.74, 6) is -11.8. The van der Waals surface area contributed by atoms with Crippen molar-refractivity contribution < 1.29 is 67.7 Å². The van der Waals surface area contributed by atoms with E-state index in [1.54, 1.807) is 23.9 Å². The standard InChI is InChI=1S/C59H64N18O14S7/c1-7-27-46(84)76-59(6)58(91)75-42(25(5)78)49(87)61-17-40(80)66-28(8-2)56(88)77-13-9-10-36(77)47(85)64-23(3)41-26(43(81)69-30(14-39(60)79)53-71-32(18-93-53)45(83)68-27)11-12-29(67-41)51-63-16-38(98-51)55-72-31(19-95-55)44(82)65-24(4)50-73-34(21-92-50)54-74-33(20-94-54)52-62-15-37(97-52)48(86)70-35(22-96-59)57(89)90/h7-8,11-12,15-16,20-21,23,25,30-32,35-37,42,52,78H,4,9-10,13-14,17-19,22H2,1-3,5-6H3,(H2,60,79)(H,61,87)(H,64,85)(H,65,82)(H,66,80)(H,68,83)(H,69,81)(H,70,86)(H,75,91)(H,76,84)(H,89,90)/b27-7-,28-8-/t23-,25-,30+,31+,32+,35+,36+,37-,42+,52?,59+/m1/s1. The fraction of sp³-hybridized carbons (Fsp3) is 0.407. The van der Waals surface area contributed by atoms with Crippen LogP contribution in [-0.4, -0.2) is 205 Å². The lowest BCUT2D eigenvalue weighted by atomic mass is 10.0. The summed E-state index contributed by atoms with van der Waals surface area (Å²) in [5.41, 5.74) is 6.26. The van der Waals surface area contributed by atoms with Crippen LogP contribution in [0.25, 0.3) is 27.1 Å². The molecule has 4 aromatic rings. The summed E-state index contributed by atoms with van der Waals surface area (Å²) in [6.07, 6.45) is 3.60. The number of pyridine rings is 1. The minimum absolute atomic E-state index is 0.00196. The predicted molar refractivity (Wildman–Crippen MR) is 370 cm³/mol. The van der Waals surface area contributed by atoms with Crippen LogP contribution >= 0.6 is 81.1 Å². The molecule has 0 aromatic carbocycles. The number of nitrogens with zero attached hydrogens (tertiary/aromatic N) is 8. The zero-order valence-corrected chi connectivity index (χ0v) is 58.3. The highest BCUT2D eigenvalue weighted by Gasteiger charge is 2.44. The molecule has 7 aliphatic rings. The Hall–Kier alpha value is -8.73. The van der Waals surface area contributed by atoms with Gasteiger partial charge in [0.15, 0.2) is 4.87 Å². The summed E-state index contributed by atoms with van der Waals surface area (Å²) in [7, 11) is 0. The third-order valence-corrected chi connectivity index (χ3v) is 23.4. The lowest BCUT2D eigenvalue weighted by Crippen LogP contribution is -2.62. The number of thioether (sulfide) groups is 4. The van der Waals surface area contributed by atoms with Crippen LogP contribution in [0.5, 0.6) is 0 Å². The van der Waals surface area contributed by atoms with E-state index in [0.717, 1.165) is 37.4 Å². The van der Waals surface area contributed by atoms with Crippen LogP contribution in [0.4, 0.5) is 0 Å². The molecule has 11 atom stereocenters. The van der Waals surface area contributed by atoms with Crippen LogP contribution in [-0.2, 0) is 52.7 Å². The van der Waals surface area contributed by atoms with Gasteiger partial charge in [0, 0.05) is 47.0 Å². The number of primary amides is 1. The number of nitrogens with two attached hydrogens (primary N) is 1. The molecule has 13 N–H and O–H groups in total. The first-order valence-corrected chi connectivity index (χ1v) is 36.6. The number of hydrogen-bond donors (Lipinski definition) is 12. The van der Waals surface area contributed by atoms with E-state index in [2.05, 4.69) is 74.4 Å². The third kappa shape index (κ3) is 16.5. The number of fused-ring (bicyclic) bond motifs is 8. The Morgan fingerprint density at radius 1 is 0.816 bits per heavy atom. The van der Waals surface area contributed by atoms with Gasteiger partial charge in [0.25, 0.3) is 23.6 Å². The molecule has 0 aliphatic carbocycles. The van der Waals surface area contributed by atoms with Crippen LogP contribution in [0.1, 0.15) is 96.9 Å². The maximum atomic E-state index is 14.8. The topological polar surface area (TPSA) is 471 Å². The van der Waals surface area contributed by atoms with Gasteiger partial charge in [0.05, 0.1) is 69.4 Å². The third-order valence-electron chi connectivity index (χ3n) is 15.5. The summed E-state index contributed by atoms with van der Waals surface area (Å²) >= 11 is 7.46. The number of carboxylic acids is 1. The monoisotopic (exact) mass is 1470 g/mol. The minimum atomic E-state index is -2.35. The van der Waals surface area contributed by atoms with Crippen LogP contribution in [0, 0.1) is 0 Å². The number of thiazole rings is 3. The van der Waals surface area contributed by atoms with Crippen molar-refractivity contribution in [2.75, 3.05) is 30.3 Å². The van der Waals surface area contributed by atoms with Crippen molar-refractivity contribution in [2.24, 2.45) is 20.7 Å². The van der Waals surface area contributed by atoms with Gasteiger partial charge in [0.2, 0.25) is 41.4 Å². The molecule has 0 saturated carbocycles. The molecule has 0 radical (unpaired) electrons. The molecule has 0 spiro atoms. The Morgan fingerprint density at radius 2 is 1.55 bits per heavy atom. The number of hydrogen-bond acceptors (Lipinski definition) is 27. The van der Waals surface area contributed by atoms with Crippen molar-refractivity contribution in [3.05, 3.63) is 86.1 Å². The van der Waals surface area contributed by atoms with Crippen molar-refractivity contribution >= 4 is 174 Å². The van der Waals surface area contributed by atoms with Gasteiger partial charge >= 0.3 is 5.97 Å². The molecule has 39 heteroatoms. The Labute approximate surface area is 586 Å². The molecule has 16 bridgehead atoms. The molecule has 1 saturated heterocycles. The zero-order valence-electron chi connectivity index (χ0n) is 52.6. The van der Waals surface area contributed by atoms with E-state index in [1.807, 2.05) is 0 Å². The van der Waals surface area contributed by atoms with Crippen molar-refractivity contribution in [3.63, 3.8) is 0 Å². The van der Waals surface area contributed by atoms with Gasteiger partial charge in [-0.1, -0.05) is 18.7 Å². The lowest BCUT2D eigenvalue weighted by molar-refractivity contribution is -0.141. The largest absolute Gasteiger partial charge is 0.480 e. The zero-order chi connectivity index (χ0) is 70.4. The van der Waals surface area contributed by atoms with Gasteiger partial charge in [-0.3, -0.25) is 67.7 Å². The number of allylic oxidation sites excluding steroid dienone is 2. The molecular weight excluding hydrogens is 1410 g/mol. The van der Waals surface area contributed by atoms with Crippen LogP contribution in [0.2, 0.25) is 0 Å². The Balaban J connectivity index is 1.04. The van der Waals surface area contributed by atoms with E-state index in [1.165, 1.54) is 95.0 Å². The molecule has 4 aromatic heterocycles. The summed E-state index contributed by atoms with van der Waals surface area (Å²) in [4.78, 5) is 200. The van der Waals surface area contributed by atoms with E-state index in [9.17, 15) is 67.7 Å². The average molecular weight is 1470 g/mol. The van der Waals surface area contributed by atoms with Gasteiger partial charge in [0.1, 0.15) is 78.0 Å². The van der Waals surface area contributed by atoms with Crippen LogP contribution in [0.15, 0.2) is 74.2 Å². The fourth-order valence-corrected chi connectivity index (χ4v) is 17.3. The second-order valence-corrected chi connectivity index (χ2v) is 30.1. The number of carboxylic acid groups (broad SMARTS) is 1. The highest BCUT2D eigenvalue weighted by molar-refractivity contribution is 8.15. The lowest BCUT2D eigenvalue weighted by Gasteiger charge is -2.32. The van der Waals surface area contributed by atoms with Crippen LogP contribution < -0.4 is 53.6 Å². The number of nitrogens with one attached hydrogen (secondary N) is 9. The average Bonchev–Trinajstić information content (AvgIpc) is 1.76. The van der Waals surface area contributed by atoms with Gasteiger partial charge in [-0.2, -0.15) is 0 Å². The first kappa shape index (κ1) is 72.0. The molecule has 11 heterocycles. The molecule has 11 rings (SSSR count). The predicted octanol–water partition coefficient (Wildman–Crippen LogP) is 0.459. The second-order valence-electron chi connectivity index (χ2n) is 22.6. The molecule has 1 unspecified atom stereocenters. The van der Waals surface area contributed by atoms with Crippen molar-refractivity contribution in [1.82, 2.24) is 72.7 Å². The normalized spacial score (nSPS) is 27.8. The molecule has 32 nitrogen and oxygen atoms in total. The Bertz CT molecular complexity index is 4130. The summed E-state index contributed by atoms with van der Waals surface area (Å²) in [5, 5.41) is 48.1. The maximum Gasteiger partial charge on any atom is 0.327 e. The highest BCUT2D eigenvalue weighted by atomic mass is 32.2. The summed E-state index contributed by atoms with van der Waals surface area (Å²) in [6.45, 7) is 9.91. The number of aliphatic hydroxyl groups is 1. The smallest absolute Gasteiger partial charge is 0.327 e. The first-order chi connectivity index (χ1) is 46.7. The molecule has 98 heavy (non-hydrogen) atoms. The number of rotatable bonds is 4. The number of amides is 11. The highest BCUT2D eigenvalue weighted by Crippen LogP contribution is 2.40. The van der Waals surface area contributed by atoms with Gasteiger partial charge < -0.3 is 68.7 Å². The van der Waals surface area contributed by atoms with E-state index in [-0.39, 0.29) is 57.9 Å². The minimum Gasteiger partial charge on any atom is -0.480 e. The number of aromatic nitrogens is 4. The quantitative estimate of drug-likeness (QED) is 0.123. The van der Waals surface area contributed by atoms with Gasteiger partial charge in [-0.05, 0) is 59.6 Å². The SMILES string of the molecule is C=C1NC(=O)[C@@H]2CSC(=N2)c2cnc(s2)-c2ccc3c(n2)[C@@H](C)NC(=O)[C@@H]2CCCN2C(=O)/C(=C/C)NC(=O)CNC(=O)[C@H]([C@@H](C)O)NC(=O)[C@@](C)(NC(=O)/C(=C/C)NC(=O)[C@@H]2CSC(=N2)[C@H](CC(N)=O)NC3=O)SC[C@@H](C(=O)O)NC(=O)[C@H]2C=NC(S2)c2csc(n2)-c2csc1n2. The van der Waals surface area contributed by atoms with E-state index < -0.39 is 159 Å². The Morgan fingerprint density at radius 3 is 2.29 bits per heavy atom. The molecule has 1 fully saturated rings. The molecule has 516 valence electrons. The maximum absolute atomic E-state index is 14.8. The van der Waals surface area contributed by atoms with Gasteiger partial charge in [-0.25, -0.2) is 24.7 Å². The van der Waals surface area contributed by atoms with E-state index >= 15 is 0 Å². The number of carbonyl (C=O) groups excluding carboxylic acids is 11. The van der Waals surface area contributed by atoms with E-state index in [4.69, 9.17) is 20.7 Å². The number of aliphatic imine (C=N–C) groups is 3.